The highest BCUT2D eigenvalue weighted by atomic mass is 79.9. The van der Waals surface area contributed by atoms with Crippen LogP contribution in [0.25, 0.3) is 0 Å². The fourth-order valence-electron chi connectivity index (χ4n) is 2.02. The molecule has 5 heteroatoms. The number of halogens is 1. The lowest BCUT2D eigenvalue weighted by Gasteiger charge is -2.12. The first-order valence-electron chi connectivity index (χ1n) is 5.20. The van der Waals surface area contributed by atoms with Gasteiger partial charge in [0.2, 0.25) is 5.95 Å². The number of anilines is 2. The van der Waals surface area contributed by atoms with Gasteiger partial charge in [0.1, 0.15) is 10.4 Å². The summed E-state index contributed by atoms with van der Waals surface area (Å²) in [5, 5.41) is 3.32. The molecule has 1 heterocycles. The van der Waals surface area contributed by atoms with Gasteiger partial charge < -0.3 is 11.1 Å². The van der Waals surface area contributed by atoms with E-state index in [-0.39, 0.29) is 0 Å². The Balaban J connectivity index is 2.04. The van der Waals surface area contributed by atoms with Gasteiger partial charge in [-0.1, -0.05) is 6.92 Å². The molecular weight excluding hydrogens is 256 g/mol. The van der Waals surface area contributed by atoms with E-state index in [0.717, 1.165) is 10.5 Å². The average molecular weight is 271 g/mol. The van der Waals surface area contributed by atoms with Gasteiger partial charge in [-0.3, -0.25) is 0 Å². The van der Waals surface area contributed by atoms with E-state index in [9.17, 15) is 0 Å². The van der Waals surface area contributed by atoms with Crippen molar-refractivity contribution in [1.82, 2.24) is 9.97 Å². The van der Waals surface area contributed by atoms with Crippen LogP contribution in [0.1, 0.15) is 26.2 Å². The van der Waals surface area contributed by atoms with Crippen LogP contribution >= 0.6 is 15.9 Å². The minimum Gasteiger partial charge on any atom is -0.383 e. The summed E-state index contributed by atoms with van der Waals surface area (Å²) in [6.45, 7) is 2.28. The summed E-state index contributed by atoms with van der Waals surface area (Å²) < 4.78 is 0.726. The van der Waals surface area contributed by atoms with Crippen molar-refractivity contribution < 1.29 is 0 Å². The van der Waals surface area contributed by atoms with Crippen molar-refractivity contribution in [2.75, 3.05) is 11.1 Å². The first-order chi connectivity index (χ1) is 7.13. The SMILES string of the molecule is CC1CCC(Nc2nc(N)cc(Br)n2)C1. The molecule has 0 spiro atoms. The van der Waals surface area contributed by atoms with Crippen LogP contribution < -0.4 is 11.1 Å². The normalized spacial score (nSPS) is 25.5. The van der Waals surface area contributed by atoms with Crippen molar-refractivity contribution in [3.8, 4) is 0 Å². The molecule has 1 aromatic rings. The molecule has 0 saturated heterocycles. The Kier molecular flexibility index (Phi) is 3.09. The third-order valence-corrected chi connectivity index (χ3v) is 3.15. The maximum absolute atomic E-state index is 5.64. The van der Waals surface area contributed by atoms with Crippen LogP contribution in [0, 0.1) is 5.92 Å². The number of hydrogen-bond donors (Lipinski definition) is 2. The molecule has 2 unspecified atom stereocenters. The Bertz CT molecular complexity index is 335. The second-order valence-electron chi connectivity index (χ2n) is 4.20. The summed E-state index contributed by atoms with van der Waals surface area (Å²) in [6.07, 6.45) is 3.66. The Hall–Kier alpha value is -0.840. The van der Waals surface area contributed by atoms with Crippen LogP contribution in [-0.4, -0.2) is 16.0 Å². The number of aromatic nitrogens is 2. The van der Waals surface area contributed by atoms with Crippen LogP contribution in [0.2, 0.25) is 0 Å². The fourth-order valence-corrected chi connectivity index (χ4v) is 2.42. The van der Waals surface area contributed by atoms with Crippen molar-refractivity contribution in [2.24, 2.45) is 5.92 Å². The van der Waals surface area contributed by atoms with Crippen molar-refractivity contribution >= 4 is 27.7 Å². The molecule has 15 heavy (non-hydrogen) atoms. The van der Waals surface area contributed by atoms with E-state index < -0.39 is 0 Å². The second-order valence-corrected chi connectivity index (χ2v) is 5.01. The van der Waals surface area contributed by atoms with E-state index >= 15 is 0 Å². The molecular formula is C10H15BrN4. The van der Waals surface area contributed by atoms with Crippen LogP contribution in [0.15, 0.2) is 10.7 Å². The molecule has 0 radical (unpaired) electrons. The standard InChI is InChI=1S/C10H15BrN4/c1-6-2-3-7(4-6)13-10-14-8(11)5-9(12)15-10/h5-7H,2-4H2,1H3,(H3,12,13,14,15). The highest BCUT2D eigenvalue weighted by Gasteiger charge is 2.21. The predicted octanol–water partition coefficient (Wildman–Crippen LogP) is 2.42. The molecule has 1 saturated carbocycles. The lowest BCUT2D eigenvalue weighted by atomic mass is 10.1. The van der Waals surface area contributed by atoms with Gasteiger partial charge in [-0.2, -0.15) is 4.98 Å². The zero-order chi connectivity index (χ0) is 10.8. The van der Waals surface area contributed by atoms with Gasteiger partial charge in [-0.15, -0.1) is 0 Å². The zero-order valence-electron chi connectivity index (χ0n) is 8.70. The summed E-state index contributed by atoms with van der Waals surface area (Å²) >= 11 is 3.30. The molecule has 1 aromatic heterocycles. The van der Waals surface area contributed by atoms with E-state index in [1.54, 1.807) is 6.07 Å². The van der Waals surface area contributed by atoms with E-state index in [0.29, 0.717) is 17.8 Å². The van der Waals surface area contributed by atoms with Gasteiger partial charge in [-0.25, -0.2) is 4.98 Å². The number of nitrogen functional groups attached to an aromatic ring is 1. The molecule has 1 fully saturated rings. The monoisotopic (exact) mass is 270 g/mol. The minimum absolute atomic E-state index is 0.491. The molecule has 4 nitrogen and oxygen atoms in total. The quantitative estimate of drug-likeness (QED) is 0.811. The Morgan fingerprint density at radius 3 is 2.87 bits per heavy atom. The van der Waals surface area contributed by atoms with Gasteiger partial charge in [0.15, 0.2) is 0 Å². The third-order valence-electron chi connectivity index (χ3n) is 2.74. The van der Waals surface area contributed by atoms with Gasteiger partial charge in [0.05, 0.1) is 0 Å². The number of hydrogen-bond acceptors (Lipinski definition) is 4. The van der Waals surface area contributed by atoms with Crippen molar-refractivity contribution in [3.63, 3.8) is 0 Å². The Morgan fingerprint density at radius 1 is 1.47 bits per heavy atom. The minimum atomic E-state index is 0.491. The lowest BCUT2D eigenvalue weighted by Crippen LogP contribution is -2.17. The van der Waals surface area contributed by atoms with Crippen LogP contribution in [0.4, 0.5) is 11.8 Å². The number of nitrogens with one attached hydrogen (secondary N) is 1. The van der Waals surface area contributed by atoms with Gasteiger partial charge in [-0.05, 0) is 41.1 Å². The van der Waals surface area contributed by atoms with E-state index in [4.69, 9.17) is 5.73 Å². The van der Waals surface area contributed by atoms with E-state index in [1.807, 2.05) is 0 Å². The molecule has 82 valence electrons. The van der Waals surface area contributed by atoms with Crippen LogP contribution in [0.5, 0.6) is 0 Å². The topological polar surface area (TPSA) is 63.8 Å². The summed E-state index contributed by atoms with van der Waals surface area (Å²) in [5.41, 5.74) is 5.64. The summed E-state index contributed by atoms with van der Waals surface area (Å²) in [5.74, 6) is 1.92. The molecule has 2 rings (SSSR count). The summed E-state index contributed by atoms with van der Waals surface area (Å²) in [6, 6.07) is 2.19. The van der Waals surface area contributed by atoms with E-state index in [2.05, 4.69) is 38.1 Å². The predicted molar refractivity (Wildman–Crippen MR) is 64.6 cm³/mol. The van der Waals surface area contributed by atoms with Gasteiger partial charge >= 0.3 is 0 Å². The highest BCUT2D eigenvalue weighted by molar-refractivity contribution is 9.10. The molecule has 0 aliphatic heterocycles. The lowest BCUT2D eigenvalue weighted by molar-refractivity contribution is 0.601. The first kappa shape index (κ1) is 10.7. The summed E-state index contributed by atoms with van der Waals surface area (Å²) in [7, 11) is 0. The molecule has 1 aliphatic carbocycles. The molecule has 0 amide bonds. The van der Waals surface area contributed by atoms with E-state index in [1.165, 1.54) is 19.3 Å². The van der Waals surface area contributed by atoms with Crippen LogP contribution in [0.3, 0.4) is 0 Å². The maximum atomic E-state index is 5.64. The zero-order valence-corrected chi connectivity index (χ0v) is 10.3. The van der Waals surface area contributed by atoms with Crippen molar-refractivity contribution in [3.05, 3.63) is 10.7 Å². The number of nitrogens with zero attached hydrogens (tertiary/aromatic N) is 2. The largest absolute Gasteiger partial charge is 0.383 e. The van der Waals surface area contributed by atoms with Gasteiger partial charge in [0.25, 0.3) is 0 Å². The third kappa shape index (κ3) is 2.81. The molecule has 2 atom stereocenters. The summed E-state index contributed by atoms with van der Waals surface area (Å²) in [4.78, 5) is 8.39. The second kappa shape index (κ2) is 4.35. The molecule has 0 bridgehead atoms. The molecule has 1 aliphatic rings. The molecule has 3 N–H and O–H groups in total. The maximum Gasteiger partial charge on any atom is 0.225 e. The van der Waals surface area contributed by atoms with Crippen molar-refractivity contribution in [2.45, 2.75) is 32.2 Å². The Morgan fingerprint density at radius 2 is 2.27 bits per heavy atom. The van der Waals surface area contributed by atoms with Gasteiger partial charge in [0, 0.05) is 12.1 Å². The number of nitrogens with two attached hydrogens (primary N) is 1. The smallest absolute Gasteiger partial charge is 0.225 e. The molecule has 0 aromatic carbocycles. The highest BCUT2D eigenvalue weighted by Crippen LogP contribution is 2.27. The van der Waals surface area contributed by atoms with Crippen molar-refractivity contribution in [1.29, 1.82) is 0 Å². The van der Waals surface area contributed by atoms with Crippen LogP contribution in [-0.2, 0) is 0 Å². The Labute approximate surface area is 97.8 Å². The number of rotatable bonds is 2. The average Bonchev–Trinajstić information content (AvgIpc) is 2.49. The first-order valence-corrected chi connectivity index (χ1v) is 5.99. The fraction of sp³-hybridized carbons (Fsp3) is 0.600.